The summed E-state index contributed by atoms with van der Waals surface area (Å²) in [6, 6.07) is 15.4. The largest absolute Gasteiger partial charge is 0.497 e. The first-order valence-electron chi connectivity index (χ1n) is 5.97. The standard InChI is InChI=1S/C17H12F2O/c1-20-15-10-8-14(9-11-15)16(17(18)19)12-7-13-5-3-2-4-6-13/h2-6,8-11H,1H3. The van der Waals surface area contributed by atoms with Gasteiger partial charge in [0, 0.05) is 5.56 Å². The normalized spacial score (nSPS) is 9.35. The summed E-state index contributed by atoms with van der Waals surface area (Å²) in [6.07, 6.45) is -1.79. The first-order valence-corrected chi connectivity index (χ1v) is 5.97. The Morgan fingerprint density at radius 1 is 0.950 bits per heavy atom. The van der Waals surface area contributed by atoms with E-state index in [-0.39, 0.29) is 5.57 Å². The van der Waals surface area contributed by atoms with Gasteiger partial charge in [-0.2, -0.15) is 8.78 Å². The van der Waals surface area contributed by atoms with Crippen molar-refractivity contribution in [1.82, 2.24) is 0 Å². The Kier molecular flexibility index (Phi) is 4.52. The van der Waals surface area contributed by atoms with Crippen LogP contribution in [0.4, 0.5) is 8.78 Å². The highest BCUT2D eigenvalue weighted by atomic mass is 19.3. The van der Waals surface area contributed by atoms with E-state index in [0.29, 0.717) is 16.9 Å². The number of methoxy groups -OCH3 is 1. The van der Waals surface area contributed by atoms with Crippen molar-refractivity contribution in [3.63, 3.8) is 0 Å². The zero-order valence-corrected chi connectivity index (χ0v) is 10.9. The lowest BCUT2D eigenvalue weighted by atomic mass is 10.1. The van der Waals surface area contributed by atoms with Crippen molar-refractivity contribution in [1.29, 1.82) is 0 Å². The van der Waals surface area contributed by atoms with Crippen LogP contribution in [-0.4, -0.2) is 7.11 Å². The lowest BCUT2D eigenvalue weighted by molar-refractivity contribution is 0.414. The molecule has 1 nitrogen and oxygen atoms in total. The first kappa shape index (κ1) is 13.8. The maximum atomic E-state index is 13.0. The van der Waals surface area contributed by atoms with Gasteiger partial charge in [0.05, 0.1) is 12.7 Å². The first-order chi connectivity index (χ1) is 9.70. The molecule has 2 rings (SSSR count). The van der Waals surface area contributed by atoms with Crippen LogP contribution in [0, 0.1) is 11.8 Å². The Balaban J connectivity index is 2.34. The lowest BCUT2D eigenvalue weighted by Crippen LogP contribution is -1.86. The van der Waals surface area contributed by atoms with Crippen molar-refractivity contribution in [2.45, 2.75) is 0 Å². The van der Waals surface area contributed by atoms with Crippen molar-refractivity contribution >= 4 is 5.57 Å². The third-order valence-electron chi connectivity index (χ3n) is 2.67. The van der Waals surface area contributed by atoms with Gasteiger partial charge in [0.15, 0.2) is 0 Å². The molecule has 3 heteroatoms. The summed E-state index contributed by atoms with van der Waals surface area (Å²) in [5.41, 5.74) is 0.797. The molecule has 0 saturated carbocycles. The maximum Gasteiger partial charge on any atom is 0.286 e. The third kappa shape index (κ3) is 3.46. The minimum absolute atomic E-state index is 0.267. The molecule has 2 aromatic carbocycles. The minimum Gasteiger partial charge on any atom is -0.497 e. The summed E-state index contributed by atoms with van der Waals surface area (Å²) >= 11 is 0. The number of ether oxygens (including phenoxy) is 1. The molecule has 2 aromatic rings. The molecule has 0 heterocycles. The van der Waals surface area contributed by atoms with Gasteiger partial charge < -0.3 is 4.74 Å². The van der Waals surface area contributed by atoms with Crippen LogP contribution in [0.3, 0.4) is 0 Å². The Morgan fingerprint density at radius 2 is 1.60 bits per heavy atom. The van der Waals surface area contributed by atoms with Gasteiger partial charge in [-0.3, -0.25) is 0 Å². The highest BCUT2D eigenvalue weighted by Crippen LogP contribution is 2.22. The molecule has 0 bridgehead atoms. The van der Waals surface area contributed by atoms with E-state index in [9.17, 15) is 8.78 Å². The average Bonchev–Trinajstić information content (AvgIpc) is 2.49. The van der Waals surface area contributed by atoms with E-state index in [2.05, 4.69) is 11.8 Å². The molecular weight excluding hydrogens is 258 g/mol. The Morgan fingerprint density at radius 3 is 2.15 bits per heavy atom. The van der Waals surface area contributed by atoms with Crippen LogP contribution in [0.15, 0.2) is 60.7 Å². The maximum absolute atomic E-state index is 13.0. The van der Waals surface area contributed by atoms with Crippen molar-refractivity contribution in [3.8, 4) is 17.6 Å². The van der Waals surface area contributed by atoms with Crippen LogP contribution < -0.4 is 4.74 Å². The van der Waals surface area contributed by atoms with E-state index in [0.717, 1.165) is 0 Å². The number of halogens is 2. The summed E-state index contributed by atoms with van der Waals surface area (Å²) in [5.74, 6) is 5.88. The van der Waals surface area contributed by atoms with Gasteiger partial charge in [0.2, 0.25) is 0 Å². The fourth-order valence-electron chi connectivity index (χ4n) is 1.64. The summed E-state index contributed by atoms with van der Waals surface area (Å²) in [6.45, 7) is 0. The van der Waals surface area contributed by atoms with Crippen LogP contribution in [-0.2, 0) is 0 Å². The highest BCUT2D eigenvalue weighted by Gasteiger charge is 2.06. The van der Waals surface area contributed by atoms with Gasteiger partial charge in [-0.25, -0.2) is 0 Å². The van der Waals surface area contributed by atoms with Gasteiger partial charge in [-0.1, -0.05) is 30.0 Å². The SMILES string of the molecule is COc1ccc(C(C#Cc2ccccc2)=C(F)F)cc1. The molecule has 0 amide bonds. The van der Waals surface area contributed by atoms with Crippen molar-refractivity contribution in [2.24, 2.45) is 0 Å². The third-order valence-corrected chi connectivity index (χ3v) is 2.67. The second kappa shape index (κ2) is 6.53. The molecule has 0 unspecified atom stereocenters. The zero-order chi connectivity index (χ0) is 14.4. The van der Waals surface area contributed by atoms with E-state index in [1.165, 1.54) is 7.11 Å². The monoisotopic (exact) mass is 270 g/mol. The van der Waals surface area contributed by atoms with Crippen molar-refractivity contribution < 1.29 is 13.5 Å². The minimum atomic E-state index is -1.79. The molecule has 100 valence electrons. The van der Waals surface area contributed by atoms with E-state index < -0.39 is 6.08 Å². The molecule has 20 heavy (non-hydrogen) atoms. The summed E-state index contributed by atoms with van der Waals surface area (Å²) in [4.78, 5) is 0. The lowest BCUT2D eigenvalue weighted by Gasteiger charge is -2.02. The summed E-state index contributed by atoms with van der Waals surface area (Å²) in [7, 11) is 1.52. The Hall–Kier alpha value is -2.60. The number of hydrogen-bond donors (Lipinski definition) is 0. The molecule has 0 aliphatic rings. The molecule has 0 fully saturated rings. The molecule has 0 spiro atoms. The number of rotatable bonds is 2. The fourth-order valence-corrected chi connectivity index (χ4v) is 1.64. The predicted octanol–water partition coefficient (Wildman–Crippen LogP) is 4.35. The Labute approximate surface area is 116 Å². The van der Waals surface area contributed by atoms with Crippen LogP contribution in [0.1, 0.15) is 11.1 Å². The highest BCUT2D eigenvalue weighted by molar-refractivity contribution is 5.80. The zero-order valence-electron chi connectivity index (χ0n) is 10.9. The van der Waals surface area contributed by atoms with Gasteiger partial charge in [0.1, 0.15) is 5.75 Å². The Bertz CT molecular complexity index is 658. The smallest absolute Gasteiger partial charge is 0.286 e. The van der Waals surface area contributed by atoms with Gasteiger partial charge in [0.25, 0.3) is 6.08 Å². The van der Waals surface area contributed by atoms with Gasteiger partial charge in [-0.15, -0.1) is 0 Å². The topological polar surface area (TPSA) is 9.23 Å². The number of allylic oxidation sites excluding steroid dienone is 1. The molecule has 0 aromatic heterocycles. The van der Waals surface area contributed by atoms with E-state index >= 15 is 0 Å². The molecule has 0 aliphatic heterocycles. The van der Waals surface area contributed by atoms with Gasteiger partial charge in [-0.05, 0) is 42.0 Å². The molecular formula is C17H12F2O. The van der Waals surface area contributed by atoms with Gasteiger partial charge >= 0.3 is 0 Å². The van der Waals surface area contributed by atoms with Crippen LogP contribution in [0.5, 0.6) is 5.75 Å². The summed E-state index contributed by atoms with van der Waals surface area (Å²) in [5, 5.41) is 0. The quantitative estimate of drug-likeness (QED) is 0.737. The molecule has 0 aliphatic carbocycles. The van der Waals surface area contributed by atoms with E-state index in [1.807, 2.05) is 18.2 Å². The molecule has 0 N–H and O–H groups in total. The number of hydrogen-bond acceptors (Lipinski definition) is 1. The van der Waals surface area contributed by atoms with E-state index in [4.69, 9.17) is 4.74 Å². The van der Waals surface area contributed by atoms with E-state index in [1.54, 1.807) is 36.4 Å². The molecule has 0 atom stereocenters. The van der Waals surface area contributed by atoms with Crippen molar-refractivity contribution in [3.05, 3.63) is 71.8 Å². The molecule has 0 radical (unpaired) electrons. The van der Waals surface area contributed by atoms with Crippen molar-refractivity contribution in [2.75, 3.05) is 7.11 Å². The predicted molar refractivity (Wildman–Crippen MR) is 75.5 cm³/mol. The fraction of sp³-hybridized carbons (Fsp3) is 0.0588. The summed E-state index contributed by atoms with van der Waals surface area (Å²) < 4.78 is 31.0. The second-order valence-electron chi connectivity index (χ2n) is 3.98. The number of benzene rings is 2. The van der Waals surface area contributed by atoms with Crippen LogP contribution in [0.2, 0.25) is 0 Å². The second-order valence-corrected chi connectivity index (χ2v) is 3.98. The average molecular weight is 270 g/mol. The molecule has 0 saturated heterocycles. The van der Waals surface area contributed by atoms with Crippen LogP contribution in [0.25, 0.3) is 5.57 Å². The van der Waals surface area contributed by atoms with Crippen LogP contribution >= 0.6 is 0 Å².